The van der Waals surface area contributed by atoms with Gasteiger partial charge in [-0.3, -0.25) is 4.99 Å². The summed E-state index contributed by atoms with van der Waals surface area (Å²) < 4.78 is 5.14. The second-order valence-electron chi connectivity index (χ2n) is 6.95. The van der Waals surface area contributed by atoms with Gasteiger partial charge in [-0.05, 0) is 44.9 Å². The van der Waals surface area contributed by atoms with Crippen LogP contribution in [0.2, 0.25) is 0 Å². The molecule has 1 aliphatic heterocycles. The number of methoxy groups -OCH3 is 1. The summed E-state index contributed by atoms with van der Waals surface area (Å²) in [5, 5.41) is 7.03. The summed E-state index contributed by atoms with van der Waals surface area (Å²) in [4.78, 5) is 7.30. The second-order valence-corrected chi connectivity index (χ2v) is 6.95. The normalized spacial score (nSPS) is 20.7. The van der Waals surface area contributed by atoms with Crippen LogP contribution in [-0.4, -0.2) is 63.3 Å². The molecule has 1 heterocycles. The molecule has 1 saturated carbocycles. The number of aliphatic imine (C=N–C) groups is 1. The highest BCUT2D eigenvalue weighted by Gasteiger charge is 2.21. The second kappa shape index (κ2) is 10.9. The number of nitrogens with zero attached hydrogens (tertiary/aromatic N) is 2. The molecule has 0 unspecified atom stereocenters. The van der Waals surface area contributed by atoms with Gasteiger partial charge in [-0.1, -0.05) is 12.8 Å². The van der Waals surface area contributed by atoms with Crippen molar-refractivity contribution >= 4 is 5.96 Å². The molecular formula is C18H36N4O. The van der Waals surface area contributed by atoms with E-state index in [0.717, 1.165) is 44.5 Å². The maximum atomic E-state index is 5.14. The summed E-state index contributed by atoms with van der Waals surface area (Å²) in [5.41, 5.74) is 0. The van der Waals surface area contributed by atoms with Crippen LogP contribution in [0.25, 0.3) is 0 Å². The number of likely N-dealkylation sites (tertiary alicyclic amines) is 1. The average Bonchev–Trinajstić information content (AvgIpc) is 3.38. The minimum absolute atomic E-state index is 0.565. The van der Waals surface area contributed by atoms with Crippen LogP contribution in [0.5, 0.6) is 0 Å². The quantitative estimate of drug-likeness (QED) is 0.368. The van der Waals surface area contributed by atoms with Crippen molar-refractivity contribution < 1.29 is 4.74 Å². The van der Waals surface area contributed by atoms with Gasteiger partial charge in [-0.2, -0.15) is 0 Å². The topological polar surface area (TPSA) is 48.9 Å². The van der Waals surface area contributed by atoms with Gasteiger partial charge in [0.25, 0.3) is 0 Å². The van der Waals surface area contributed by atoms with Crippen molar-refractivity contribution in [3.63, 3.8) is 0 Å². The molecular weight excluding hydrogens is 288 g/mol. The lowest BCUT2D eigenvalue weighted by Crippen LogP contribution is -2.48. The van der Waals surface area contributed by atoms with Gasteiger partial charge in [0.15, 0.2) is 5.96 Å². The summed E-state index contributed by atoms with van der Waals surface area (Å²) in [6.45, 7) is 8.43. The van der Waals surface area contributed by atoms with E-state index in [1.165, 1.54) is 51.6 Å². The van der Waals surface area contributed by atoms with E-state index in [-0.39, 0.29) is 0 Å². The number of hydrogen-bond donors (Lipinski definition) is 2. The van der Waals surface area contributed by atoms with E-state index in [4.69, 9.17) is 9.73 Å². The zero-order valence-corrected chi connectivity index (χ0v) is 15.1. The van der Waals surface area contributed by atoms with E-state index in [1.807, 2.05) is 0 Å². The SMILES string of the molecule is CCNC(=NCCCC1CC1)NC1CCN(CCCOC)CC1. The Hall–Kier alpha value is -0.810. The van der Waals surface area contributed by atoms with E-state index in [0.29, 0.717) is 6.04 Å². The Labute approximate surface area is 142 Å². The van der Waals surface area contributed by atoms with Crippen LogP contribution in [0.1, 0.15) is 51.9 Å². The van der Waals surface area contributed by atoms with Crippen molar-refractivity contribution in [2.45, 2.75) is 57.9 Å². The molecule has 2 N–H and O–H groups in total. The van der Waals surface area contributed by atoms with Crippen LogP contribution in [-0.2, 0) is 4.74 Å². The van der Waals surface area contributed by atoms with Crippen molar-refractivity contribution in [3.05, 3.63) is 0 Å². The predicted octanol–water partition coefficient (Wildman–Crippen LogP) is 2.23. The largest absolute Gasteiger partial charge is 0.385 e. The highest BCUT2D eigenvalue weighted by atomic mass is 16.5. The van der Waals surface area contributed by atoms with Crippen molar-refractivity contribution in [2.24, 2.45) is 10.9 Å². The Morgan fingerprint density at radius 2 is 1.96 bits per heavy atom. The zero-order valence-electron chi connectivity index (χ0n) is 15.1. The van der Waals surface area contributed by atoms with E-state index >= 15 is 0 Å². The Morgan fingerprint density at radius 1 is 1.17 bits per heavy atom. The van der Waals surface area contributed by atoms with Gasteiger partial charge in [0.05, 0.1) is 0 Å². The summed E-state index contributed by atoms with van der Waals surface area (Å²) in [6, 6.07) is 0.565. The molecule has 2 aliphatic rings. The van der Waals surface area contributed by atoms with E-state index in [2.05, 4.69) is 22.5 Å². The fraction of sp³-hybridized carbons (Fsp3) is 0.944. The molecule has 0 amide bonds. The van der Waals surface area contributed by atoms with Crippen LogP contribution in [0.4, 0.5) is 0 Å². The van der Waals surface area contributed by atoms with Gasteiger partial charge < -0.3 is 20.3 Å². The van der Waals surface area contributed by atoms with Crippen LogP contribution in [0.15, 0.2) is 4.99 Å². The molecule has 0 atom stereocenters. The molecule has 5 heteroatoms. The standard InChI is InChI=1S/C18H36N4O/c1-3-19-18(20-11-4-6-16-7-8-16)21-17-9-13-22(14-10-17)12-5-15-23-2/h16-17H,3-15H2,1-2H3,(H2,19,20,21). The summed E-state index contributed by atoms with van der Waals surface area (Å²) in [7, 11) is 1.78. The fourth-order valence-corrected chi connectivity index (χ4v) is 3.22. The number of rotatable bonds is 10. The third-order valence-electron chi connectivity index (χ3n) is 4.83. The van der Waals surface area contributed by atoms with Crippen LogP contribution >= 0.6 is 0 Å². The third-order valence-corrected chi connectivity index (χ3v) is 4.83. The number of hydrogen-bond acceptors (Lipinski definition) is 3. The highest BCUT2D eigenvalue weighted by molar-refractivity contribution is 5.80. The lowest BCUT2D eigenvalue weighted by atomic mass is 10.1. The van der Waals surface area contributed by atoms with E-state index in [9.17, 15) is 0 Å². The molecule has 1 aliphatic carbocycles. The monoisotopic (exact) mass is 324 g/mol. The van der Waals surface area contributed by atoms with Crippen LogP contribution in [0.3, 0.4) is 0 Å². The minimum Gasteiger partial charge on any atom is -0.385 e. The Kier molecular flexibility index (Phi) is 8.76. The molecule has 0 aromatic carbocycles. The molecule has 0 bridgehead atoms. The number of ether oxygens (including phenoxy) is 1. The molecule has 0 radical (unpaired) electrons. The molecule has 0 spiro atoms. The van der Waals surface area contributed by atoms with Crippen LogP contribution in [0, 0.1) is 5.92 Å². The Balaban J connectivity index is 1.63. The first-order valence-electron chi connectivity index (χ1n) is 9.58. The first-order valence-corrected chi connectivity index (χ1v) is 9.58. The van der Waals surface area contributed by atoms with Gasteiger partial charge >= 0.3 is 0 Å². The summed E-state index contributed by atoms with van der Waals surface area (Å²) >= 11 is 0. The molecule has 23 heavy (non-hydrogen) atoms. The van der Waals surface area contributed by atoms with Gasteiger partial charge in [0.2, 0.25) is 0 Å². The molecule has 0 aromatic heterocycles. The molecule has 2 fully saturated rings. The fourth-order valence-electron chi connectivity index (χ4n) is 3.22. The highest BCUT2D eigenvalue weighted by Crippen LogP contribution is 2.33. The maximum Gasteiger partial charge on any atom is 0.191 e. The zero-order chi connectivity index (χ0) is 16.3. The first-order chi connectivity index (χ1) is 11.3. The Morgan fingerprint density at radius 3 is 2.61 bits per heavy atom. The summed E-state index contributed by atoms with van der Waals surface area (Å²) in [5.74, 6) is 2.03. The molecule has 134 valence electrons. The van der Waals surface area contributed by atoms with E-state index < -0.39 is 0 Å². The smallest absolute Gasteiger partial charge is 0.191 e. The number of guanidine groups is 1. The number of piperidine rings is 1. The first kappa shape index (κ1) is 18.5. The van der Waals surface area contributed by atoms with Crippen molar-refractivity contribution in [1.29, 1.82) is 0 Å². The van der Waals surface area contributed by atoms with Crippen molar-refractivity contribution in [2.75, 3.05) is 46.4 Å². The molecule has 0 aromatic rings. The van der Waals surface area contributed by atoms with Crippen LogP contribution < -0.4 is 10.6 Å². The number of nitrogens with one attached hydrogen (secondary N) is 2. The summed E-state index contributed by atoms with van der Waals surface area (Å²) in [6.07, 6.45) is 9.05. The van der Waals surface area contributed by atoms with E-state index in [1.54, 1.807) is 7.11 Å². The Bertz CT molecular complexity index is 336. The minimum atomic E-state index is 0.565. The molecule has 2 rings (SSSR count). The van der Waals surface area contributed by atoms with Gasteiger partial charge in [0.1, 0.15) is 0 Å². The third kappa shape index (κ3) is 8.02. The van der Waals surface area contributed by atoms with Gasteiger partial charge in [-0.15, -0.1) is 0 Å². The lowest BCUT2D eigenvalue weighted by Gasteiger charge is -2.33. The maximum absolute atomic E-state index is 5.14. The van der Waals surface area contributed by atoms with Crippen molar-refractivity contribution in [1.82, 2.24) is 15.5 Å². The predicted molar refractivity (Wildman–Crippen MR) is 97.0 cm³/mol. The molecule has 5 nitrogen and oxygen atoms in total. The van der Waals surface area contributed by atoms with Gasteiger partial charge in [0, 0.05) is 52.5 Å². The lowest BCUT2D eigenvalue weighted by molar-refractivity contribution is 0.155. The molecule has 1 saturated heterocycles. The van der Waals surface area contributed by atoms with Gasteiger partial charge in [-0.25, -0.2) is 0 Å². The average molecular weight is 325 g/mol. The van der Waals surface area contributed by atoms with Crippen molar-refractivity contribution in [3.8, 4) is 0 Å².